The molecule has 1 amide bonds. The largest absolute Gasteiger partial charge is 0.476 e. The summed E-state index contributed by atoms with van der Waals surface area (Å²) in [6.45, 7) is 1.63. The van der Waals surface area contributed by atoms with Crippen LogP contribution in [0.5, 0.6) is 0 Å². The van der Waals surface area contributed by atoms with Crippen LogP contribution in [-0.2, 0) is 27.8 Å². The molecule has 0 radical (unpaired) electrons. The Bertz CT molecular complexity index is 1710. The van der Waals surface area contributed by atoms with E-state index in [2.05, 4.69) is 10.3 Å². The highest BCUT2D eigenvalue weighted by molar-refractivity contribution is 7.89. The number of nitrogens with one attached hydrogen (secondary N) is 1. The number of aromatic nitrogens is 2. The number of hydrogen-bond acceptors (Lipinski definition) is 6. The number of rotatable bonds is 9. The summed E-state index contributed by atoms with van der Waals surface area (Å²) >= 11 is 1.23. The molecule has 0 bridgehead atoms. The number of carbonyl (C=O) groups is 2. The van der Waals surface area contributed by atoms with Crippen molar-refractivity contribution >= 4 is 38.9 Å². The van der Waals surface area contributed by atoms with Crippen molar-refractivity contribution in [1.29, 1.82) is 0 Å². The quantitative estimate of drug-likeness (QED) is 0.266. The maximum absolute atomic E-state index is 14.7. The number of thiazole rings is 1. The lowest BCUT2D eigenvalue weighted by molar-refractivity contribution is -0.114. The molecule has 4 N–H and O–H groups in total. The Morgan fingerprint density at radius 2 is 1.97 bits per heavy atom. The standard InChI is InChI=1S/C27H25FN4O5S2/c1-15(33)30-19-4-2-3-18(11-19)23-12-20(26-31-22(14-38-26)27(34)35)24(10-16-5-6-16)32(23)13-17-7-8-25(21(28)9-17)39(29,36)37/h2-4,7-9,11-12,14,16H,5-6,10,13H2,1H3,(H,30,33)(H,34,35)(H2,29,36,37). The number of carboxylic acid groups (broad SMARTS) is 1. The number of aromatic carboxylic acids is 1. The average Bonchev–Trinajstić information content (AvgIpc) is 3.40. The van der Waals surface area contributed by atoms with Gasteiger partial charge >= 0.3 is 5.97 Å². The van der Waals surface area contributed by atoms with Gasteiger partial charge in [-0.05, 0) is 61.1 Å². The summed E-state index contributed by atoms with van der Waals surface area (Å²) < 4.78 is 40.2. The monoisotopic (exact) mass is 568 g/mol. The lowest BCUT2D eigenvalue weighted by Gasteiger charge is -2.16. The maximum Gasteiger partial charge on any atom is 0.355 e. The van der Waals surface area contributed by atoms with Crippen LogP contribution < -0.4 is 10.5 Å². The first kappa shape index (κ1) is 26.7. The van der Waals surface area contributed by atoms with Gasteiger partial charge in [0.25, 0.3) is 0 Å². The number of nitrogens with two attached hydrogens (primary N) is 1. The van der Waals surface area contributed by atoms with E-state index in [9.17, 15) is 27.5 Å². The maximum atomic E-state index is 14.7. The third kappa shape index (κ3) is 5.92. The molecule has 9 nitrogen and oxygen atoms in total. The molecule has 1 saturated carbocycles. The summed E-state index contributed by atoms with van der Waals surface area (Å²) in [5, 5.41) is 19.4. The minimum atomic E-state index is -4.21. The van der Waals surface area contributed by atoms with Crippen molar-refractivity contribution in [1.82, 2.24) is 9.55 Å². The third-order valence-corrected chi connectivity index (χ3v) is 8.28. The summed E-state index contributed by atoms with van der Waals surface area (Å²) in [7, 11) is -4.21. The first-order valence-electron chi connectivity index (χ1n) is 12.1. The molecule has 2 aromatic heterocycles. The SMILES string of the molecule is CC(=O)Nc1cccc(-c2cc(-c3nc(C(=O)O)cs3)c(CC3CC3)n2Cc2ccc(S(N)(=O)=O)c(F)c2)c1. The topological polar surface area (TPSA) is 144 Å². The first-order valence-corrected chi connectivity index (χ1v) is 14.5. The van der Waals surface area contributed by atoms with E-state index in [0.29, 0.717) is 28.6 Å². The van der Waals surface area contributed by atoms with Gasteiger partial charge in [0.2, 0.25) is 15.9 Å². The number of sulfonamides is 1. The van der Waals surface area contributed by atoms with E-state index in [1.165, 1.54) is 29.7 Å². The normalized spacial score (nSPS) is 13.4. The lowest BCUT2D eigenvalue weighted by Crippen LogP contribution is -2.14. The van der Waals surface area contributed by atoms with E-state index in [0.717, 1.165) is 47.5 Å². The molecule has 12 heteroatoms. The van der Waals surface area contributed by atoms with Crippen LogP contribution in [0.1, 0.15) is 41.5 Å². The van der Waals surface area contributed by atoms with Crippen molar-refractivity contribution in [2.24, 2.45) is 11.1 Å². The summed E-state index contributed by atoms with van der Waals surface area (Å²) in [5.41, 5.74) is 4.31. The van der Waals surface area contributed by atoms with Gasteiger partial charge in [0, 0.05) is 47.1 Å². The smallest absolute Gasteiger partial charge is 0.355 e. The Labute approximate surface area is 228 Å². The predicted octanol–water partition coefficient (Wildman–Crippen LogP) is 4.72. The molecule has 2 heterocycles. The molecule has 1 aliphatic rings. The highest BCUT2D eigenvalue weighted by atomic mass is 32.2. The number of amides is 1. The van der Waals surface area contributed by atoms with Gasteiger partial charge in [-0.25, -0.2) is 27.7 Å². The fraction of sp³-hybridized carbons (Fsp3) is 0.222. The highest BCUT2D eigenvalue weighted by Crippen LogP contribution is 2.41. The van der Waals surface area contributed by atoms with Gasteiger partial charge < -0.3 is 15.0 Å². The second-order valence-corrected chi connectivity index (χ2v) is 11.9. The van der Waals surface area contributed by atoms with Crippen LogP contribution in [0.15, 0.2) is 58.8 Å². The van der Waals surface area contributed by atoms with Crippen LogP contribution in [0.3, 0.4) is 0 Å². The van der Waals surface area contributed by atoms with Gasteiger partial charge in [-0.3, -0.25) is 4.79 Å². The molecule has 0 unspecified atom stereocenters. The fourth-order valence-corrected chi connectivity index (χ4v) is 5.94. The number of primary sulfonamides is 1. The molecule has 39 heavy (non-hydrogen) atoms. The molecule has 202 valence electrons. The number of hydrogen-bond donors (Lipinski definition) is 3. The number of carboxylic acids is 1. The second-order valence-electron chi connectivity index (χ2n) is 9.54. The Balaban J connectivity index is 1.68. The van der Waals surface area contributed by atoms with Crippen LogP contribution in [0.4, 0.5) is 10.1 Å². The van der Waals surface area contributed by atoms with E-state index in [-0.39, 0.29) is 18.1 Å². The van der Waals surface area contributed by atoms with Gasteiger partial charge in [0.05, 0.1) is 0 Å². The highest BCUT2D eigenvalue weighted by Gasteiger charge is 2.28. The summed E-state index contributed by atoms with van der Waals surface area (Å²) in [6, 6.07) is 13.1. The molecule has 0 spiro atoms. The van der Waals surface area contributed by atoms with E-state index in [4.69, 9.17) is 5.14 Å². The van der Waals surface area contributed by atoms with E-state index < -0.39 is 26.7 Å². The van der Waals surface area contributed by atoms with Crippen molar-refractivity contribution in [2.75, 3.05) is 5.32 Å². The van der Waals surface area contributed by atoms with Crippen LogP contribution >= 0.6 is 11.3 Å². The number of halogens is 1. The number of nitrogens with zero attached hydrogens (tertiary/aromatic N) is 2. The number of carbonyl (C=O) groups excluding carboxylic acids is 1. The van der Waals surface area contributed by atoms with Gasteiger partial charge in [-0.15, -0.1) is 11.3 Å². The van der Waals surface area contributed by atoms with Crippen LogP contribution in [-0.4, -0.2) is 35.0 Å². The Morgan fingerprint density at radius 1 is 1.21 bits per heavy atom. The zero-order chi connectivity index (χ0) is 27.9. The number of benzene rings is 2. The molecule has 0 atom stereocenters. The molecule has 1 aliphatic carbocycles. The van der Waals surface area contributed by atoms with Gasteiger partial charge in [0.15, 0.2) is 5.69 Å². The van der Waals surface area contributed by atoms with Crippen molar-refractivity contribution < 1.29 is 27.5 Å². The van der Waals surface area contributed by atoms with Crippen molar-refractivity contribution in [3.05, 3.63) is 76.7 Å². The van der Waals surface area contributed by atoms with Crippen LogP contribution in [0, 0.1) is 11.7 Å². The summed E-state index contributed by atoms with van der Waals surface area (Å²) in [5.74, 6) is -1.82. The molecular formula is C27H25FN4O5S2. The molecule has 4 aromatic rings. The van der Waals surface area contributed by atoms with E-state index in [1.807, 2.05) is 28.8 Å². The Morgan fingerprint density at radius 3 is 2.59 bits per heavy atom. The lowest BCUT2D eigenvalue weighted by atomic mass is 10.1. The predicted molar refractivity (Wildman–Crippen MR) is 146 cm³/mol. The second kappa shape index (κ2) is 10.4. The van der Waals surface area contributed by atoms with Crippen molar-refractivity contribution in [3.8, 4) is 21.8 Å². The summed E-state index contributed by atoms with van der Waals surface area (Å²) in [4.78, 5) is 27.0. The van der Waals surface area contributed by atoms with Crippen LogP contribution in [0.25, 0.3) is 21.8 Å². The van der Waals surface area contributed by atoms with E-state index in [1.54, 1.807) is 6.07 Å². The zero-order valence-electron chi connectivity index (χ0n) is 20.8. The zero-order valence-corrected chi connectivity index (χ0v) is 22.5. The molecule has 5 rings (SSSR count). The third-order valence-electron chi connectivity index (χ3n) is 6.46. The fourth-order valence-electron chi connectivity index (χ4n) is 4.52. The Hall–Kier alpha value is -3.87. The molecule has 0 aliphatic heterocycles. The Kier molecular flexibility index (Phi) is 7.10. The van der Waals surface area contributed by atoms with Crippen molar-refractivity contribution in [3.63, 3.8) is 0 Å². The van der Waals surface area contributed by atoms with E-state index >= 15 is 0 Å². The minimum absolute atomic E-state index is 0.0463. The first-order chi connectivity index (χ1) is 18.5. The molecular weight excluding hydrogens is 543 g/mol. The van der Waals surface area contributed by atoms with Crippen molar-refractivity contribution in [2.45, 2.75) is 37.6 Å². The average molecular weight is 569 g/mol. The molecule has 2 aromatic carbocycles. The summed E-state index contributed by atoms with van der Waals surface area (Å²) in [6.07, 6.45) is 2.84. The molecule has 1 fully saturated rings. The van der Waals surface area contributed by atoms with Gasteiger partial charge in [0.1, 0.15) is 15.7 Å². The molecule has 0 saturated heterocycles. The van der Waals surface area contributed by atoms with Crippen LogP contribution in [0.2, 0.25) is 0 Å². The minimum Gasteiger partial charge on any atom is -0.476 e. The number of anilines is 1. The van der Waals surface area contributed by atoms with Gasteiger partial charge in [-0.1, -0.05) is 18.2 Å². The van der Waals surface area contributed by atoms with Gasteiger partial charge in [-0.2, -0.15) is 0 Å².